The molecular weight excluding hydrogens is 233 g/mol. The van der Waals surface area contributed by atoms with Crippen molar-refractivity contribution in [2.75, 3.05) is 5.73 Å². The normalized spacial score (nSPS) is 10.4. The zero-order valence-electron chi connectivity index (χ0n) is 10.3. The van der Waals surface area contributed by atoms with E-state index in [4.69, 9.17) is 10.5 Å². The Morgan fingerprint density at radius 1 is 1.28 bits per heavy atom. The van der Waals surface area contributed by atoms with Gasteiger partial charge in [-0.25, -0.2) is 9.37 Å². The van der Waals surface area contributed by atoms with E-state index in [2.05, 4.69) is 9.97 Å². The highest BCUT2D eigenvalue weighted by molar-refractivity contribution is 5.43. The predicted molar refractivity (Wildman–Crippen MR) is 67.0 cm³/mol. The first-order valence-corrected chi connectivity index (χ1v) is 5.66. The molecule has 0 aliphatic carbocycles. The van der Waals surface area contributed by atoms with E-state index in [0.717, 1.165) is 12.1 Å². The second-order valence-corrected chi connectivity index (χ2v) is 3.89. The molecule has 0 unspecified atom stereocenters. The molecule has 0 bridgehead atoms. The van der Waals surface area contributed by atoms with Crippen molar-refractivity contribution >= 4 is 5.69 Å². The molecule has 1 aromatic carbocycles. The average molecular weight is 247 g/mol. The van der Waals surface area contributed by atoms with Crippen LogP contribution in [0.2, 0.25) is 0 Å². The van der Waals surface area contributed by atoms with E-state index in [0.29, 0.717) is 17.4 Å². The van der Waals surface area contributed by atoms with Gasteiger partial charge in [-0.3, -0.25) is 0 Å². The van der Waals surface area contributed by atoms with Crippen LogP contribution in [0.15, 0.2) is 24.3 Å². The molecule has 2 N–H and O–H groups in total. The second-order valence-electron chi connectivity index (χ2n) is 3.89. The van der Waals surface area contributed by atoms with E-state index in [1.807, 2.05) is 6.92 Å². The Hall–Kier alpha value is -2.17. The van der Waals surface area contributed by atoms with Crippen LogP contribution in [0.4, 0.5) is 10.1 Å². The van der Waals surface area contributed by atoms with Crippen LogP contribution in [0.25, 0.3) is 0 Å². The maximum Gasteiger partial charge on any atom is 0.222 e. The summed E-state index contributed by atoms with van der Waals surface area (Å²) in [5.41, 5.74) is 6.68. The number of benzene rings is 1. The molecule has 0 saturated heterocycles. The molecule has 1 aromatic heterocycles. The summed E-state index contributed by atoms with van der Waals surface area (Å²) in [6.45, 7) is 3.75. The minimum absolute atomic E-state index is 0.101. The molecule has 0 amide bonds. The number of nitrogens with two attached hydrogens (primary N) is 1. The van der Waals surface area contributed by atoms with Crippen molar-refractivity contribution in [2.45, 2.75) is 20.3 Å². The number of aromatic nitrogens is 2. The molecule has 0 saturated carbocycles. The molecule has 0 aliphatic rings. The van der Waals surface area contributed by atoms with Crippen LogP contribution >= 0.6 is 0 Å². The smallest absolute Gasteiger partial charge is 0.222 e. The lowest BCUT2D eigenvalue weighted by molar-refractivity contribution is 0.424. The summed E-state index contributed by atoms with van der Waals surface area (Å²) in [6.07, 6.45) is 0.768. The lowest BCUT2D eigenvalue weighted by Gasteiger charge is -2.08. The molecule has 18 heavy (non-hydrogen) atoms. The first kappa shape index (κ1) is 12.3. The largest absolute Gasteiger partial charge is 0.436 e. The van der Waals surface area contributed by atoms with E-state index in [-0.39, 0.29) is 5.75 Å². The van der Waals surface area contributed by atoms with Gasteiger partial charge in [-0.05, 0) is 25.5 Å². The number of nitrogen functional groups attached to an aromatic ring is 1. The highest BCUT2D eigenvalue weighted by Crippen LogP contribution is 2.25. The van der Waals surface area contributed by atoms with Crippen molar-refractivity contribution < 1.29 is 9.13 Å². The van der Waals surface area contributed by atoms with E-state index in [1.54, 1.807) is 19.1 Å². The monoisotopic (exact) mass is 247 g/mol. The summed E-state index contributed by atoms with van der Waals surface area (Å²) < 4.78 is 19.0. The first-order valence-electron chi connectivity index (χ1n) is 5.66. The van der Waals surface area contributed by atoms with E-state index in [1.165, 1.54) is 12.1 Å². The molecule has 2 rings (SSSR count). The highest BCUT2D eigenvalue weighted by atomic mass is 19.1. The maximum atomic E-state index is 13.6. The molecule has 0 atom stereocenters. The van der Waals surface area contributed by atoms with Crippen molar-refractivity contribution in [1.82, 2.24) is 9.97 Å². The van der Waals surface area contributed by atoms with Crippen molar-refractivity contribution in [3.63, 3.8) is 0 Å². The number of rotatable bonds is 3. The lowest BCUT2D eigenvalue weighted by Crippen LogP contribution is -1.98. The van der Waals surface area contributed by atoms with Crippen LogP contribution in [0.5, 0.6) is 11.6 Å². The third-order valence-electron chi connectivity index (χ3n) is 2.40. The van der Waals surface area contributed by atoms with Crippen molar-refractivity contribution in [2.24, 2.45) is 0 Å². The van der Waals surface area contributed by atoms with Crippen LogP contribution < -0.4 is 10.5 Å². The van der Waals surface area contributed by atoms with Gasteiger partial charge < -0.3 is 10.5 Å². The summed E-state index contributed by atoms with van der Waals surface area (Å²) in [7, 11) is 0. The van der Waals surface area contributed by atoms with Crippen LogP contribution in [-0.4, -0.2) is 9.97 Å². The van der Waals surface area contributed by atoms with E-state index >= 15 is 0 Å². The highest BCUT2D eigenvalue weighted by Gasteiger charge is 2.07. The van der Waals surface area contributed by atoms with Crippen molar-refractivity contribution in [3.8, 4) is 11.6 Å². The van der Waals surface area contributed by atoms with Crippen molar-refractivity contribution in [3.05, 3.63) is 41.6 Å². The fourth-order valence-corrected chi connectivity index (χ4v) is 1.55. The summed E-state index contributed by atoms with van der Waals surface area (Å²) in [5.74, 6) is 0.525. The molecule has 0 aliphatic heterocycles. The third-order valence-corrected chi connectivity index (χ3v) is 2.40. The fraction of sp³-hybridized carbons (Fsp3) is 0.231. The number of ether oxygens (including phenoxy) is 1. The van der Waals surface area contributed by atoms with Crippen LogP contribution in [0.1, 0.15) is 18.4 Å². The average Bonchev–Trinajstić information content (AvgIpc) is 2.32. The quantitative estimate of drug-likeness (QED) is 0.847. The van der Waals surface area contributed by atoms with Crippen LogP contribution in [0.3, 0.4) is 0 Å². The molecule has 94 valence electrons. The molecule has 5 heteroatoms. The Morgan fingerprint density at radius 3 is 2.72 bits per heavy atom. The molecule has 4 nitrogen and oxygen atoms in total. The molecule has 1 heterocycles. The fourth-order valence-electron chi connectivity index (χ4n) is 1.55. The minimum atomic E-state index is -0.510. The standard InChI is InChI=1S/C13H14FN3O/c1-3-10-7-13(17-8(2)16-10)18-12-5-4-9(15)6-11(12)14/h4-7H,3,15H2,1-2H3. The van der Waals surface area contributed by atoms with Gasteiger partial charge in [0, 0.05) is 23.5 Å². The van der Waals surface area contributed by atoms with Crippen LogP contribution in [0, 0.1) is 12.7 Å². The summed E-state index contributed by atoms with van der Waals surface area (Å²) >= 11 is 0. The van der Waals surface area contributed by atoms with Gasteiger partial charge in [0.25, 0.3) is 0 Å². The number of halogens is 1. The Balaban J connectivity index is 2.30. The Bertz CT molecular complexity index is 572. The number of anilines is 1. The Kier molecular flexibility index (Phi) is 3.41. The number of aryl methyl sites for hydroxylation is 2. The Morgan fingerprint density at radius 2 is 2.06 bits per heavy atom. The Labute approximate surface area is 105 Å². The summed E-state index contributed by atoms with van der Waals surface area (Å²) in [5, 5.41) is 0. The van der Waals surface area contributed by atoms with Gasteiger partial charge in [0.05, 0.1) is 0 Å². The number of hydrogen-bond donors (Lipinski definition) is 1. The zero-order valence-corrected chi connectivity index (χ0v) is 10.3. The number of nitrogens with zero attached hydrogens (tertiary/aromatic N) is 2. The maximum absolute atomic E-state index is 13.6. The van der Waals surface area contributed by atoms with Gasteiger partial charge >= 0.3 is 0 Å². The SMILES string of the molecule is CCc1cc(Oc2ccc(N)cc2F)nc(C)n1. The minimum Gasteiger partial charge on any atom is -0.436 e. The molecule has 2 aromatic rings. The molecule has 0 radical (unpaired) electrons. The third kappa shape index (κ3) is 2.74. The summed E-state index contributed by atoms with van der Waals surface area (Å²) in [4.78, 5) is 8.33. The predicted octanol–water partition coefficient (Wildman–Crippen LogP) is 2.86. The molecule has 0 spiro atoms. The second kappa shape index (κ2) is 5.00. The number of hydrogen-bond acceptors (Lipinski definition) is 4. The lowest BCUT2D eigenvalue weighted by atomic mass is 10.3. The van der Waals surface area contributed by atoms with Gasteiger partial charge in [0.15, 0.2) is 11.6 Å². The van der Waals surface area contributed by atoms with Crippen molar-refractivity contribution in [1.29, 1.82) is 0 Å². The van der Waals surface area contributed by atoms with Gasteiger partial charge in [0.2, 0.25) is 5.88 Å². The van der Waals surface area contributed by atoms with E-state index in [9.17, 15) is 4.39 Å². The topological polar surface area (TPSA) is 61.0 Å². The molecule has 0 fully saturated rings. The van der Waals surface area contributed by atoms with E-state index < -0.39 is 5.82 Å². The van der Waals surface area contributed by atoms with Gasteiger partial charge in [0.1, 0.15) is 5.82 Å². The van der Waals surface area contributed by atoms with Gasteiger partial charge in [-0.1, -0.05) is 6.92 Å². The van der Waals surface area contributed by atoms with Crippen LogP contribution in [-0.2, 0) is 6.42 Å². The van der Waals surface area contributed by atoms with Gasteiger partial charge in [-0.2, -0.15) is 4.98 Å². The zero-order chi connectivity index (χ0) is 13.1. The van der Waals surface area contributed by atoms with Gasteiger partial charge in [-0.15, -0.1) is 0 Å². The summed E-state index contributed by atoms with van der Waals surface area (Å²) in [6, 6.07) is 5.97. The first-order chi connectivity index (χ1) is 8.58. The molecular formula is C13H14FN3O.